The predicted molar refractivity (Wildman–Crippen MR) is 464 cm³/mol. The van der Waals surface area contributed by atoms with Crippen LogP contribution in [-0.4, -0.2) is 92.0 Å². The second kappa shape index (κ2) is 36.6. The number of H-pyrrole nitrogens is 2. The Morgan fingerprint density at radius 1 is 0.385 bits per heavy atom. The van der Waals surface area contributed by atoms with Crippen molar-refractivity contribution < 1.29 is 28.7 Å². The number of benzene rings is 10. The van der Waals surface area contributed by atoms with Crippen molar-refractivity contribution in [3.63, 3.8) is 0 Å². The normalized spacial score (nSPS) is 11.1. The third-order valence-corrected chi connectivity index (χ3v) is 17.9. The number of nitrogen functional groups attached to an aromatic ring is 3. The Balaban J connectivity index is 0.000000135. The lowest BCUT2D eigenvalue weighted by Crippen LogP contribution is -2.23. The van der Waals surface area contributed by atoms with E-state index < -0.39 is 17.6 Å². The van der Waals surface area contributed by atoms with E-state index in [1.165, 1.54) is 4.68 Å². The van der Waals surface area contributed by atoms with E-state index in [-0.39, 0.29) is 22.3 Å². The Morgan fingerprint density at radius 3 is 1.10 bits per heavy atom. The number of nitrogens with zero attached hydrogens (tertiary/aromatic N) is 12. The Kier molecular flexibility index (Phi) is 25.4. The van der Waals surface area contributed by atoms with Crippen LogP contribution in [0.15, 0.2) is 298 Å². The fraction of sp³-hybridized carbons (Fsp3) is 0.135. The smallest absolute Gasteiger partial charge is 0.415 e. The number of nitrogens with one attached hydrogen (secondary N) is 6. The monoisotopic (exact) mass is 1580 g/mol. The highest BCUT2D eigenvalue weighted by molar-refractivity contribution is 6.61. The molecule has 0 fully saturated rings. The lowest BCUT2D eigenvalue weighted by atomic mass is 9.92. The van der Waals surface area contributed by atoms with Gasteiger partial charge < -0.3 is 37.3 Å². The quantitative estimate of drug-likeness (QED) is 0.0454. The van der Waals surface area contributed by atoms with E-state index in [4.69, 9.17) is 33.5 Å². The minimum absolute atomic E-state index is 0.0588. The van der Waals surface area contributed by atoms with Crippen LogP contribution >= 0.6 is 11.6 Å². The molecular formula is C89H88ClN21O6. The number of imidazole rings is 4. The number of halogens is 1. The van der Waals surface area contributed by atoms with Crippen molar-refractivity contribution in [2.24, 2.45) is 0 Å². The van der Waals surface area contributed by atoms with Crippen molar-refractivity contribution >= 4 is 120 Å². The van der Waals surface area contributed by atoms with Gasteiger partial charge >= 0.3 is 23.6 Å². The van der Waals surface area contributed by atoms with Crippen LogP contribution in [0.4, 0.5) is 59.4 Å². The molecule has 0 aliphatic rings. The predicted octanol–water partition coefficient (Wildman–Crippen LogP) is 19.8. The third-order valence-electron chi connectivity index (χ3n) is 17.8. The second-order valence-electron chi connectivity index (χ2n) is 29.6. The summed E-state index contributed by atoms with van der Waals surface area (Å²) in [6.07, 6.45) is 6.68. The van der Waals surface area contributed by atoms with Crippen LogP contribution in [0, 0.1) is 0 Å². The number of nitrogens with two attached hydrogens (primary N) is 3. The first kappa shape index (κ1) is 81.4. The SMILES string of the molecule is CC(C)(C)c1cc(N)n(C(=O)Nc2ccc(-n3cnc4ccccc43)cc2)n1.CC(C)(C)c1cc(N)n[nH]1.CC(C)(C)c1cc(NC(=O)Nc2ccc(-n3cnc4ccccc43)cc2)n[nH]1.Nc1ccc(-n2cnc3ccccc32)cc1.O=C(Cl)Oc1ccccc1.O=C(Nc1ccc(-n2cnc3ccccc32)cc1)Oc1ccccc1. The molecule has 7 heterocycles. The van der Waals surface area contributed by atoms with E-state index in [0.29, 0.717) is 46.0 Å². The maximum Gasteiger partial charge on any atom is 0.417 e. The first-order chi connectivity index (χ1) is 56.1. The molecule has 592 valence electrons. The van der Waals surface area contributed by atoms with Crippen molar-refractivity contribution in [1.29, 1.82) is 0 Å². The molecule has 7 aromatic heterocycles. The molecule has 0 atom stereocenters. The zero-order valence-electron chi connectivity index (χ0n) is 65.7. The summed E-state index contributed by atoms with van der Waals surface area (Å²) in [5, 5.41) is 29.2. The van der Waals surface area contributed by atoms with Crippen LogP contribution in [0.25, 0.3) is 66.9 Å². The van der Waals surface area contributed by atoms with Gasteiger partial charge in [0.2, 0.25) is 0 Å². The molecule has 0 aliphatic carbocycles. The summed E-state index contributed by atoms with van der Waals surface area (Å²) in [5.74, 6) is 2.32. The topological polar surface area (TPSA) is 359 Å². The molecule has 27 nitrogen and oxygen atoms in total. The molecule has 0 aliphatic heterocycles. The summed E-state index contributed by atoms with van der Waals surface area (Å²) in [4.78, 5) is 64.4. The number of hydrogen-bond acceptors (Lipinski definition) is 16. The van der Waals surface area contributed by atoms with Crippen molar-refractivity contribution in [2.75, 3.05) is 38.5 Å². The van der Waals surface area contributed by atoms with Gasteiger partial charge in [0.15, 0.2) is 5.82 Å². The van der Waals surface area contributed by atoms with Gasteiger partial charge in [-0.25, -0.2) is 39.1 Å². The van der Waals surface area contributed by atoms with Gasteiger partial charge in [-0.1, -0.05) is 147 Å². The zero-order valence-corrected chi connectivity index (χ0v) is 66.5. The Hall–Kier alpha value is -15.1. The number of fused-ring (bicyclic) bond motifs is 4. The minimum atomic E-state index is -0.814. The number of urea groups is 1. The summed E-state index contributed by atoms with van der Waals surface area (Å²) in [7, 11) is 0. The van der Waals surface area contributed by atoms with Crippen molar-refractivity contribution in [1.82, 2.24) is 68.4 Å². The third kappa shape index (κ3) is 21.8. The summed E-state index contributed by atoms with van der Waals surface area (Å²) in [6.45, 7) is 18.6. The minimum Gasteiger partial charge on any atom is -0.415 e. The number of aromatic nitrogens is 14. The summed E-state index contributed by atoms with van der Waals surface area (Å²) < 4.78 is 19.0. The highest BCUT2D eigenvalue weighted by Crippen LogP contribution is 2.29. The fourth-order valence-electron chi connectivity index (χ4n) is 11.6. The number of ether oxygens (including phenoxy) is 2. The molecule has 0 bridgehead atoms. The molecule has 0 radical (unpaired) electrons. The average Bonchev–Trinajstić information content (AvgIpc) is 1.69. The van der Waals surface area contributed by atoms with Gasteiger partial charge in [0.05, 0.1) is 49.8 Å². The number of aromatic amines is 2. The van der Waals surface area contributed by atoms with E-state index in [0.717, 1.165) is 89.7 Å². The van der Waals surface area contributed by atoms with E-state index in [9.17, 15) is 19.2 Å². The average molecular weight is 1580 g/mol. The van der Waals surface area contributed by atoms with Gasteiger partial charge in [-0.3, -0.25) is 39.1 Å². The number of rotatable bonds is 10. The Morgan fingerprint density at radius 2 is 0.744 bits per heavy atom. The maximum absolute atomic E-state index is 12.6. The van der Waals surface area contributed by atoms with E-state index in [1.54, 1.807) is 61.4 Å². The highest BCUT2D eigenvalue weighted by atomic mass is 35.5. The summed E-state index contributed by atoms with van der Waals surface area (Å²) in [6, 6.07) is 84.6. The first-order valence-corrected chi connectivity index (χ1v) is 37.5. The molecule has 117 heavy (non-hydrogen) atoms. The van der Waals surface area contributed by atoms with Gasteiger partial charge in [-0.2, -0.15) is 20.0 Å². The summed E-state index contributed by atoms with van der Waals surface area (Å²) in [5.41, 5.74) is 33.7. The number of carbonyl (C=O) groups is 4. The molecule has 10 aromatic carbocycles. The van der Waals surface area contributed by atoms with Gasteiger partial charge in [-0.05, 0) is 170 Å². The van der Waals surface area contributed by atoms with Crippen molar-refractivity contribution in [3.8, 4) is 34.2 Å². The van der Waals surface area contributed by atoms with Gasteiger partial charge in [0, 0.05) is 103 Å². The lowest BCUT2D eigenvalue weighted by Gasteiger charge is -2.14. The molecule has 28 heteroatoms. The van der Waals surface area contributed by atoms with Crippen LogP contribution in [0.2, 0.25) is 0 Å². The molecule has 0 spiro atoms. The Bertz CT molecular complexity index is 6170. The molecule has 0 unspecified atom stereocenters. The molecule has 0 saturated carbocycles. The highest BCUT2D eigenvalue weighted by Gasteiger charge is 2.23. The fourth-order valence-corrected chi connectivity index (χ4v) is 11.7. The van der Waals surface area contributed by atoms with E-state index in [2.05, 4.69) is 124 Å². The van der Waals surface area contributed by atoms with Gasteiger partial charge in [0.25, 0.3) is 0 Å². The zero-order chi connectivity index (χ0) is 82.8. The summed E-state index contributed by atoms with van der Waals surface area (Å²) >= 11 is 4.95. The largest absolute Gasteiger partial charge is 0.417 e. The van der Waals surface area contributed by atoms with Gasteiger partial charge in [0.1, 0.15) is 48.4 Å². The van der Waals surface area contributed by atoms with Crippen LogP contribution in [0.1, 0.15) is 79.4 Å². The molecule has 17 rings (SSSR count). The van der Waals surface area contributed by atoms with E-state index in [1.807, 2.05) is 265 Å². The van der Waals surface area contributed by atoms with Crippen LogP contribution in [0.3, 0.4) is 0 Å². The van der Waals surface area contributed by atoms with Crippen LogP contribution in [0.5, 0.6) is 11.5 Å². The number of anilines is 7. The molecule has 12 N–H and O–H groups in total. The molecule has 4 amide bonds. The first-order valence-electron chi connectivity index (χ1n) is 37.1. The molecule has 0 saturated heterocycles. The van der Waals surface area contributed by atoms with Gasteiger partial charge in [-0.15, -0.1) is 0 Å². The van der Waals surface area contributed by atoms with Crippen LogP contribution < -0.4 is 47.9 Å². The van der Waals surface area contributed by atoms with Crippen LogP contribution in [-0.2, 0) is 16.2 Å². The maximum atomic E-state index is 12.6. The lowest BCUT2D eigenvalue weighted by molar-refractivity contribution is 0.215. The second-order valence-corrected chi connectivity index (χ2v) is 29.9. The Labute approximate surface area is 679 Å². The number of carbonyl (C=O) groups excluding carboxylic acids is 4. The molecular weight excluding hydrogens is 1490 g/mol. The van der Waals surface area contributed by atoms with Crippen molar-refractivity contribution in [3.05, 3.63) is 315 Å². The number of para-hydroxylation sites is 10. The molecule has 17 aromatic rings. The van der Waals surface area contributed by atoms with Crippen molar-refractivity contribution in [2.45, 2.75) is 78.6 Å². The standard InChI is InChI=1S/2C21H22N6O.C20H15N3O2.C13H11N3.C7H5ClO2.C7H13N3/c1-21(2,3)18-12-19(22)27(25-18)20(28)24-14-8-10-15(11-9-14)26-13-23-16-6-4-5-7-17(16)26;1-21(2,3)18-12-19(26-25-18)24-20(28)23-14-8-10-15(11-9-14)27-13-22-16-6-4-5-7-17(16)27;24-20(25-17-6-2-1-3-7-17)22-15-10-12-16(13-11-15)23-14-21-18-8-4-5-9-19(18)23;14-10-5-7-11(8-6-10)16-9-15-12-3-1-2-4-13(12)16;8-7(9)10-6-4-2-1-3-5-6;1-7(2,3)5-4-6(8)10-9-5/h4-13H,22H2,1-3H3,(H,24,28);4-13H,1-3H3,(H3,23,24,25,26,28);1-14H,(H,22,24);1-9H,14H2;1-5H;4H,1-3H3,(H3,8,9,10). The number of hydrogen-bond donors (Lipinski definition) is 9. The number of amides is 4. The van der Waals surface area contributed by atoms with E-state index >= 15 is 0 Å².